The Balaban J connectivity index is 2.06. The smallest absolute Gasteiger partial charge is 0.168 e. The molecule has 2 aromatic rings. The quantitative estimate of drug-likeness (QED) is 0.814. The Bertz CT molecular complexity index is 532. The molecule has 0 aromatic heterocycles. The van der Waals surface area contributed by atoms with Gasteiger partial charge in [-0.25, -0.2) is 0 Å². The fraction of sp³-hybridized carbons (Fsp3) is 0.278. The first-order valence-corrected chi connectivity index (χ1v) is 6.99. The van der Waals surface area contributed by atoms with Crippen LogP contribution in [0.1, 0.15) is 29.3 Å². The van der Waals surface area contributed by atoms with E-state index < -0.39 is 6.10 Å². The van der Waals surface area contributed by atoms with Crippen molar-refractivity contribution in [2.24, 2.45) is 5.92 Å². The second kappa shape index (κ2) is 7.01. The van der Waals surface area contributed by atoms with Gasteiger partial charge in [-0.05, 0) is 25.3 Å². The van der Waals surface area contributed by atoms with Crippen LogP contribution in [0.5, 0.6) is 0 Å². The van der Waals surface area contributed by atoms with E-state index in [-0.39, 0.29) is 11.7 Å². The van der Waals surface area contributed by atoms with E-state index >= 15 is 0 Å². The zero-order valence-electron chi connectivity index (χ0n) is 11.7. The maximum atomic E-state index is 12.4. The Morgan fingerprint density at radius 2 is 1.55 bits per heavy atom. The summed E-state index contributed by atoms with van der Waals surface area (Å²) in [5, 5.41) is 9.90. The number of hydrogen-bond acceptors (Lipinski definition) is 2. The van der Waals surface area contributed by atoms with Crippen molar-refractivity contribution in [3.63, 3.8) is 0 Å². The van der Waals surface area contributed by atoms with Gasteiger partial charge in [0.05, 0.1) is 6.10 Å². The molecular weight excluding hydrogens is 248 g/mol. The summed E-state index contributed by atoms with van der Waals surface area (Å²) in [6, 6.07) is 19.3. The minimum Gasteiger partial charge on any atom is -0.393 e. The number of rotatable bonds is 6. The molecule has 1 N–H and O–H groups in total. The van der Waals surface area contributed by atoms with Crippen molar-refractivity contribution in [2.45, 2.75) is 25.9 Å². The lowest BCUT2D eigenvalue weighted by molar-refractivity contribution is 0.0709. The molecule has 0 amide bonds. The Hall–Kier alpha value is -1.93. The van der Waals surface area contributed by atoms with E-state index in [1.165, 1.54) is 5.56 Å². The molecule has 0 spiro atoms. The molecule has 104 valence electrons. The molecule has 0 aliphatic heterocycles. The second-order valence-electron chi connectivity index (χ2n) is 5.10. The molecule has 0 saturated carbocycles. The number of benzene rings is 2. The summed E-state index contributed by atoms with van der Waals surface area (Å²) in [6.45, 7) is 1.69. The Morgan fingerprint density at radius 1 is 1.00 bits per heavy atom. The van der Waals surface area contributed by atoms with Crippen LogP contribution in [0.4, 0.5) is 0 Å². The monoisotopic (exact) mass is 268 g/mol. The first-order chi connectivity index (χ1) is 9.68. The number of aliphatic hydroxyl groups excluding tert-OH is 1. The van der Waals surface area contributed by atoms with E-state index in [0.29, 0.717) is 12.0 Å². The molecular formula is C18H20O2. The molecule has 2 heteroatoms. The van der Waals surface area contributed by atoms with Crippen LogP contribution in [0.2, 0.25) is 0 Å². The summed E-state index contributed by atoms with van der Waals surface area (Å²) in [6.07, 6.45) is 0.830. The minimum atomic E-state index is -0.633. The van der Waals surface area contributed by atoms with Gasteiger partial charge in [0.1, 0.15) is 0 Å². The summed E-state index contributed by atoms with van der Waals surface area (Å²) in [5.41, 5.74) is 1.87. The SMILES string of the molecule is CC(O)C(CCc1ccccc1)C(=O)c1ccccc1. The molecule has 2 nitrogen and oxygen atoms in total. The van der Waals surface area contributed by atoms with Crippen LogP contribution in [0.15, 0.2) is 60.7 Å². The van der Waals surface area contributed by atoms with Crippen molar-refractivity contribution in [3.8, 4) is 0 Å². The van der Waals surface area contributed by atoms with Crippen LogP contribution in [-0.2, 0) is 6.42 Å². The lowest BCUT2D eigenvalue weighted by atomic mass is 9.88. The number of carbonyl (C=O) groups is 1. The highest BCUT2D eigenvalue weighted by atomic mass is 16.3. The molecule has 0 aliphatic rings. The number of aryl methyl sites for hydroxylation is 1. The highest BCUT2D eigenvalue weighted by molar-refractivity contribution is 5.98. The van der Waals surface area contributed by atoms with Crippen LogP contribution in [0.25, 0.3) is 0 Å². The average Bonchev–Trinajstić information content (AvgIpc) is 2.49. The maximum Gasteiger partial charge on any atom is 0.168 e. The van der Waals surface area contributed by atoms with Crippen LogP contribution in [-0.4, -0.2) is 17.0 Å². The van der Waals surface area contributed by atoms with E-state index in [0.717, 1.165) is 6.42 Å². The Morgan fingerprint density at radius 3 is 2.10 bits per heavy atom. The topological polar surface area (TPSA) is 37.3 Å². The van der Waals surface area contributed by atoms with Crippen LogP contribution >= 0.6 is 0 Å². The van der Waals surface area contributed by atoms with E-state index in [1.807, 2.05) is 48.5 Å². The third kappa shape index (κ3) is 3.78. The molecule has 2 aromatic carbocycles. The molecule has 0 aliphatic carbocycles. The average molecular weight is 268 g/mol. The molecule has 0 bridgehead atoms. The lowest BCUT2D eigenvalue weighted by Gasteiger charge is -2.18. The summed E-state index contributed by atoms with van der Waals surface area (Å²) >= 11 is 0. The van der Waals surface area contributed by atoms with E-state index in [1.54, 1.807) is 19.1 Å². The molecule has 0 fully saturated rings. The lowest BCUT2D eigenvalue weighted by Crippen LogP contribution is -2.26. The van der Waals surface area contributed by atoms with Crippen molar-refractivity contribution in [2.75, 3.05) is 0 Å². The standard InChI is InChI=1S/C18H20O2/c1-14(19)17(13-12-15-8-4-2-5-9-15)18(20)16-10-6-3-7-11-16/h2-11,14,17,19H,12-13H2,1H3. The van der Waals surface area contributed by atoms with E-state index in [9.17, 15) is 9.90 Å². The molecule has 20 heavy (non-hydrogen) atoms. The largest absolute Gasteiger partial charge is 0.393 e. The van der Waals surface area contributed by atoms with Crippen LogP contribution < -0.4 is 0 Å². The predicted molar refractivity (Wildman–Crippen MR) is 80.7 cm³/mol. The summed E-state index contributed by atoms with van der Waals surface area (Å²) in [7, 11) is 0. The fourth-order valence-electron chi connectivity index (χ4n) is 2.37. The van der Waals surface area contributed by atoms with Gasteiger partial charge in [0.2, 0.25) is 0 Å². The van der Waals surface area contributed by atoms with Gasteiger partial charge >= 0.3 is 0 Å². The number of aliphatic hydroxyl groups is 1. The van der Waals surface area contributed by atoms with Crippen molar-refractivity contribution in [3.05, 3.63) is 71.8 Å². The predicted octanol–water partition coefficient (Wildman–Crippen LogP) is 3.50. The maximum absolute atomic E-state index is 12.4. The highest BCUT2D eigenvalue weighted by Gasteiger charge is 2.24. The zero-order chi connectivity index (χ0) is 14.4. The van der Waals surface area contributed by atoms with Crippen LogP contribution in [0, 0.1) is 5.92 Å². The number of Topliss-reactive ketones (excluding diaryl/α,β-unsaturated/α-hetero) is 1. The zero-order valence-corrected chi connectivity index (χ0v) is 11.7. The van der Waals surface area contributed by atoms with Crippen molar-refractivity contribution in [1.82, 2.24) is 0 Å². The van der Waals surface area contributed by atoms with E-state index in [2.05, 4.69) is 0 Å². The normalized spacial score (nSPS) is 13.7. The molecule has 2 unspecified atom stereocenters. The molecule has 0 heterocycles. The van der Waals surface area contributed by atoms with Crippen molar-refractivity contribution >= 4 is 5.78 Å². The van der Waals surface area contributed by atoms with Gasteiger partial charge < -0.3 is 5.11 Å². The number of hydrogen-bond donors (Lipinski definition) is 1. The fourth-order valence-corrected chi connectivity index (χ4v) is 2.37. The minimum absolute atomic E-state index is 0.0246. The molecule has 0 radical (unpaired) electrons. The second-order valence-corrected chi connectivity index (χ2v) is 5.10. The third-order valence-corrected chi connectivity index (χ3v) is 3.56. The Kier molecular flexibility index (Phi) is 5.08. The van der Waals surface area contributed by atoms with E-state index in [4.69, 9.17) is 0 Å². The first kappa shape index (κ1) is 14.5. The van der Waals surface area contributed by atoms with Gasteiger partial charge in [0.25, 0.3) is 0 Å². The number of ketones is 1. The summed E-state index contributed by atoms with van der Waals surface area (Å²) < 4.78 is 0. The summed E-state index contributed by atoms with van der Waals surface area (Å²) in [5.74, 6) is -0.325. The number of carbonyl (C=O) groups excluding carboxylic acids is 1. The van der Waals surface area contributed by atoms with Gasteiger partial charge in [-0.1, -0.05) is 60.7 Å². The molecule has 0 saturated heterocycles. The first-order valence-electron chi connectivity index (χ1n) is 6.99. The van der Waals surface area contributed by atoms with Crippen molar-refractivity contribution in [1.29, 1.82) is 0 Å². The van der Waals surface area contributed by atoms with Gasteiger partial charge in [-0.3, -0.25) is 4.79 Å². The Labute approximate surface area is 120 Å². The molecule has 2 rings (SSSR count). The van der Waals surface area contributed by atoms with Gasteiger partial charge in [-0.2, -0.15) is 0 Å². The van der Waals surface area contributed by atoms with Gasteiger partial charge in [0.15, 0.2) is 5.78 Å². The van der Waals surface area contributed by atoms with Gasteiger partial charge in [-0.15, -0.1) is 0 Å². The van der Waals surface area contributed by atoms with Crippen LogP contribution in [0.3, 0.4) is 0 Å². The van der Waals surface area contributed by atoms with Gasteiger partial charge in [0, 0.05) is 11.5 Å². The molecule has 2 atom stereocenters. The highest BCUT2D eigenvalue weighted by Crippen LogP contribution is 2.19. The van der Waals surface area contributed by atoms with Crippen molar-refractivity contribution < 1.29 is 9.90 Å². The summed E-state index contributed by atoms with van der Waals surface area (Å²) in [4.78, 5) is 12.4. The third-order valence-electron chi connectivity index (χ3n) is 3.56.